The van der Waals surface area contributed by atoms with Gasteiger partial charge in [0.1, 0.15) is 6.61 Å². The number of aromatic nitrogens is 1. The Bertz CT molecular complexity index is 826. The van der Waals surface area contributed by atoms with Gasteiger partial charge in [-0.3, -0.25) is 0 Å². The molecule has 2 amide bonds. The van der Waals surface area contributed by atoms with Crippen LogP contribution in [0.5, 0.6) is 5.88 Å². The second-order valence-electron chi connectivity index (χ2n) is 7.01. The van der Waals surface area contributed by atoms with Crippen LogP contribution in [0.25, 0.3) is 0 Å². The van der Waals surface area contributed by atoms with Gasteiger partial charge in [-0.25, -0.2) is 9.78 Å². The molecular weight excluding hydrogens is 387 g/mol. The Kier molecular flexibility index (Phi) is 6.26. The Morgan fingerprint density at radius 3 is 2.55 bits per heavy atom. The number of carbonyl (C=O) groups excluding carboxylic acids is 1. The van der Waals surface area contributed by atoms with Crippen molar-refractivity contribution >= 4 is 6.03 Å². The summed E-state index contributed by atoms with van der Waals surface area (Å²) in [6.07, 6.45) is -4.84. The smallest absolute Gasteiger partial charge is 0.397 e. The van der Waals surface area contributed by atoms with E-state index in [-0.39, 0.29) is 19.4 Å². The van der Waals surface area contributed by atoms with E-state index in [9.17, 15) is 23.1 Å². The lowest BCUT2D eigenvalue weighted by Gasteiger charge is -2.25. The van der Waals surface area contributed by atoms with Gasteiger partial charge in [0.15, 0.2) is 0 Å². The highest BCUT2D eigenvalue weighted by Crippen LogP contribution is 2.59. The van der Waals surface area contributed by atoms with Crippen LogP contribution in [-0.2, 0) is 13.2 Å². The Morgan fingerprint density at radius 2 is 1.90 bits per heavy atom. The van der Waals surface area contributed by atoms with Gasteiger partial charge in [-0.2, -0.15) is 13.2 Å². The van der Waals surface area contributed by atoms with Crippen LogP contribution in [0.15, 0.2) is 48.7 Å². The molecule has 1 saturated carbocycles. The fraction of sp³-hybridized carbons (Fsp3) is 0.400. The highest BCUT2D eigenvalue weighted by Gasteiger charge is 2.67. The third-order valence-corrected chi connectivity index (χ3v) is 4.93. The molecule has 29 heavy (non-hydrogen) atoms. The van der Waals surface area contributed by atoms with Crippen LogP contribution in [0.1, 0.15) is 24.0 Å². The first-order chi connectivity index (χ1) is 13.8. The van der Waals surface area contributed by atoms with E-state index in [0.717, 1.165) is 5.56 Å². The summed E-state index contributed by atoms with van der Waals surface area (Å²) in [5.41, 5.74) is -0.383. The number of pyridine rings is 1. The number of aliphatic hydroxyl groups excluding tert-OH is 1. The molecular formula is C20H22F3N3O3. The van der Waals surface area contributed by atoms with Crippen molar-refractivity contribution in [1.29, 1.82) is 0 Å². The number of urea groups is 1. The molecule has 3 N–H and O–H groups in total. The van der Waals surface area contributed by atoms with Crippen molar-refractivity contribution in [2.75, 3.05) is 6.54 Å². The normalized spacial score (nSPS) is 16.0. The van der Waals surface area contributed by atoms with Gasteiger partial charge in [-0.15, -0.1) is 0 Å². The van der Waals surface area contributed by atoms with Gasteiger partial charge >= 0.3 is 12.2 Å². The number of alkyl halides is 3. The van der Waals surface area contributed by atoms with Crippen molar-refractivity contribution in [3.05, 3.63) is 59.8 Å². The zero-order valence-electron chi connectivity index (χ0n) is 15.6. The second kappa shape index (κ2) is 8.69. The largest absolute Gasteiger partial charge is 0.473 e. The van der Waals surface area contributed by atoms with Gasteiger partial charge in [0.05, 0.1) is 11.5 Å². The molecule has 0 radical (unpaired) electrons. The van der Waals surface area contributed by atoms with Crippen LogP contribution in [-0.4, -0.2) is 34.9 Å². The Labute approximate surface area is 166 Å². The SMILES string of the molecule is O=C(NCc1ccnc(OCc2ccccc2)c1)NCC(O)C1(C(F)(F)F)CC1. The van der Waals surface area contributed by atoms with Crippen LogP contribution < -0.4 is 15.4 Å². The monoisotopic (exact) mass is 409 g/mol. The quantitative estimate of drug-likeness (QED) is 0.626. The maximum absolute atomic E-state index is 12.9. The van der Waals surface area contributed by atoms with Crippen molar-refractivity contribution in [1.82, 2.24) is 15.6 Å². The lowest BCUT2D eigenvalue weighted by Crippen LogP contribution is -2.46. The van der Waals surface area contributed by atoms with Crippen LogP contribution in [0, 0.1) is 5.41 Å². The summed E-state index contributed by atoms with van der Waals surface area (Å²) in [5.74, 6) is 0.393. The zero-order valence-corrected chi connectivity index (χ0v) is 15.6. The fourth-order valence-electron chi connectivity index (χ4n) is 2.94. The molecule has 0 saturated heterocycles. The molecule has 1 aromatic carbocycles. The van der Waals surface area contributed by atoms with Crippen molar-refractivity contribution in [2.24, 2.45) is 5.41 Å². The average molecular weight is 409 g/mol. The predicted molar refractivity (Wildman–Crippen MR) is 99.0 cm³/mol. The maximum Gasteiger partial charge on any atom is 0.397 e. The Hall–Kier alpha value is -2.81. The topological polar surface area (TPSA) is 83.5 Å². The summed E-state index contributed by atoms with van der Waals surface area (Å²) in [6.45, 7) is 0.0216. The lowest BCUT2D eigenvalue weighted by molar-refractivity contribution is -0.213. The molecule has 0 aliphatic heterocycles. The number of amides is 2. The van der Waals surface area contributed by atoms with E-state index in [0.29, 0.717) is 18.1 Å². The van der Waals surface area contributed by atoms with E-state index in [1.165, 1.54) is 0 Å². The molecule has 0 spiro atoms. The van der Waals surface area contributed by atoms with Crippen molar-refractivity contribution < 1.29 is 27.8 Å². The van der Waals surface area contributed by atoms with Gasteiger partial charge < -0.3 is 20.5 Å². The minimum Gasteiger partial charge on any atom is -0.473 e. The summed E-state index contributed by atoms with van der Waals surface area (Å²) < 4.78 is 44.4. The molecule has 1 aromatic heterocycles. The van der Waals surface area contributed by atoms with Crippen LogP contribution in [0.3, 0.4) is 0 Å². The van der Waals surface area contributed by atoms with E-state index in [1.807, 2.05) is 30.3 Å². The standard InChI is InChI=1S/C20H22F3N3O3/c21-20(22,23)19(7-8-19)16(27)12-26-18(28)25-11-15-6-9-24-17(10-15)29-13-14-4-2-1-3-5-14/h1-6,9-10,16,27H,7-8,11-13H2,(H2,25,26,28). The summed E-state index contributed by atoms with van der Waals surface area (Å²) in [4.78, 5) is 16.0. The van der Waals surface area contributed by atoms with Gasteiger partial charge in [0.25, 0.3) is 0 Å². The van der Waals surface area contributed by atoms with E-state index < -0.39 is 30.3 Å². The van der Waals surface area contributed by atoms with Gasteiger partial charge in [-0.05, 0) is 30.0 Å². The summed E-state index contributed by atoms with van der Waals surface area (Å²) in [6, 6.07) is 12.3. The number of hydrogen-bond donors (Lipinski definition) is 3. The maximum atomic E-state index is 12.9. The number of hydrogen-bond acceptors (Lipinski definition) is 4. The first kappa shape index (κ1) is 20.9. The molecule has 1 fully saturated rings. The molecule has 1 unspecified atom stereocenters. The van der Waals surface area contributed by atoms with E-state index >= 15 is 0 Å². The number of aliphatic hydroxyl groups is 1. The van der Waals surface area contributed by atoms with Crippen LogP contribution in [0.4, 0.5) is 18.0 Å². The van der Waals surface area contributed by atoms with E-state index in [1.54, 1.807) is 18.3 Å². The molecule has 1 aliphatic carbocycles. The van der Waals surface area contributed by atoms with E-state index in [2.05, 4.69) is 15.6 Å². The highest BCUT2D eigenvalue weighted by molar-refractivity contribution is 5.73. The molecule has 6 nitrogen and oxygen atoms in total. The van der Waals surface area contributed by atoms with E-state index in [4.69, 9.17) is 4.74 Å². The first-order valence-corrected chi connectivity index (χ1v) is 9.18. The molecule has 1 aliphatic rings. The first-order valence-electron chi connectivity index (χ1n) is 9.18. The summed E-state index contributed by atoms with van der Waals surface area (Å²) in [7, 11) is 0. The third-order valence-electron chi connectivity index (χ3n) is 4.93. The van der Waals surface area contributed by atoms with Gasteiger partial charge in [0, 0.05) is 25.4 Å². The number of benzene rings is 1. The number of rotatable bonds is 8. The molecule has 0 bridgehead atoms. The predicted octanol–water partition coefficient (Wildman–Crippen LogP) is 3.16. The molecule has 1 atom stereocenters. The number of nitrogens with zero attached hydrogens (tertiary/aromatic N) is 1. The fourth-order valence-corrected chi connectivity index (χ4v) is 2.94. The van der Waals surface area contributed by atoms with Crippen molar-refractivity contribution in [3.8, 4) is 5.88 Å². The van der Waals surface area contributed by atoms with Crippen molar-refractivity contribution in [3.63, 3.8) is 0 Å². The molecule has 9 heteroatoms. The van der Waals surface area contributed by atoms with Gasteiger partial charge in [0.2, 0.25) is 5.88 Å². The highest BCUT2D eigenvalue weighted by atomic mass is 19.4. The second-order valence-corrected chi connectivity index (χ2v) is 7.01. The van der Waals surface area contributed by atoms with Crippen molar-refractivity contribution in [2.45, 2.75) is 38.3 Å². The molecule has 3 rings (SSSR count). The zero-order chi connectivity index (χ0) is 20.9. The Morgan fingerprint density at radius 1 is 1.17 bits per heavy atom. The lowest BCUT2D eigenvalue weighted by atomic mass is 9.98. The minimum atomic E-state index is -4.47. The average Bonchev–Trinajstić information content (AvgIpc) is 3.52. The Balaban J connectivity index is 1.43. The summed E-state index contributed by atoms with van der Waals surface area (Å²) in [5, 5.41) is 14.6. The van der Waals surface area contributed by atoms with Crippen LogP contribution in [0.2, 0.25) is 0 Å². The number of ether oxygens (including phenoxy) is 1. The third kappa shape index (κ3) is 5.38. The molecule has 1 heterocycles. The number of nitrogens with one attached hydrogen (secondary N) is 2. The van der Waals surface area contributed by atoms with Crippen LogP contribution >= 0.6 is 0 Å². The molecule has 2 aromatic rings. The number of halogens is 3. The van der Waals surface area contributed by atoms with Gasteiger partial charge in [-0.1, -0.05) is 30.3 Å². The summed E-state index contributed by atoms with van der Waals surface area (Å²) >= 11 is 0. The minimum absolute atomic E-state index is 0.121. The number of carbonyl (C=O) groups is 1. The molecule has 156 valence electrons.